The predicted molar refractivity (Wildman–Crippen MR) is 73.3 cm³/mol. The van der Waals surface area contributed by atoms with Crippen LogP contribution in [-0.2, 0) is 13.0 Å². The smallest absolute Gasteiger partial charge is 0.0313 e. The van der Waals surface area contributed by atoms with Gasteiger partial charge in [-0.25, -0.2) is 0 Å². The summed E-state index contributed by atoms with van der Waals surface area (Å²) in [5.74, 6) is 0. The number of rotatable bonds is 5. The SMILES string of the molecule is CC(C)NCc1cncc(Cc2ccncc2)c1. The Bertz CT molecular complexity index is 480. The van der Waals surface area contributed by atoms with Crippen LogP contribution in [0.25, 0.3) is 0 Å². The van der Waals surface area contributed by atoms with Crippen LogP contribution in [0.1, 0.15) is 30.5 Å². The second kappa shape index (κ2) is 6.26. The lowest BCUT2D eigenvalue weighted by Gasteiger charge is -2.09. The van der Waals surface area contributed by atoms with E-state index in [1.165, 1.54) is 16.7 Å². The van der Waals surface area contributed by atoms with Crippen LogP contribution in [0.15, 0.2) is 43.0 Å². The molecule has 0 saturated heterocycles. The minimum atomic E-state index is 0.494. The molecular weight excluding hydrogens is 222 g/mol. The summed E-state index contributed by atoms with van der Waals surface area (Å²) in [7, 11) is 0. The maximum absolute atomic E-state index is 4.30. The van der Waals surface area contributed by atoms with Gasteiger partial charge in [-0.15, -0.1) is 0 Å². The third kappa shape index (κ3) is 3.93. The van der Waals surface area contributed by atoms with E-state index < -0.39 is 0 Å². The number of nitrogens with zero attached hydrogens (tertiary/aromatic N) is 2. The van der Waals surface area contributed by atoms with E-state index in [9.17, 15) is 0 Å². The Kier molecular flexibility index (Phi) is 4.42. The number of hydrogen-bond donors (Lipinski definition) is 1. The molecule has 0 aromatic carbocycles. The quantitative estimate of drug-likeness (QED) is 0.874. The molecule has 2 aromatic rings. The molecule has 94 valence electrons. The Morgan fingerprint density at radius 1 is 1.00 bits per heavy atom. The Balaban J connectivity index is 2.03. The molecule has 2 aromatic heterocycles. The summed E-state index contributed by atoms with van der Waals surface area (Å²) in [6.45, 7) is 5.16. The molecule has 3 heteroatoms. The van der Waals surface area contributed by atoms with Gasteiger partial charge in [0.1, 0.15) is 0 Å². The molecule has 0 atom stereocenters. The normalized spacial score (nSPS) is 10.8. The van der Waals surface area contributed by atoms with Crippen LogP contribution >= 0.6 is 0 Å². The van der Waals surface area contributed by atoms with Gasteiger partial charge >= 0.3 is 0 Å². The van der Waals surface area contributed by atoms with Crippen LogP contribution in [0.4, 0.5) is 0 Å². The van der Waals surface area contributed by atoms with Crippen LogP contribution in [0, 0.1) is 0 Å². The molecule has 0 fully saturated rings. The fourth-order valence-corrected chi connectivity index (χ4v) is 1.79. The van der Waals surface area contributed by atoms with E-state index in [0.29, 0.717) is 6.04 Å². The van der Waals surface area contributed by atoms with Gasteiger partial charge in [0.25, 0.3) is 0 Å². The first-order chi connectivity index (χ1) is 8.74. The lowest BCUT2D eigenvalue weighted by Crippen LogP contribution is -2.21. The van der Waals surface area contributed by atoms with Gasteiger partial charge in [-0.1, -0.05) is 19.9 Å². The molecule has 0 aliphatic carbocycles. The fourth-order valence-electron chi connectivity index (χ4n) is 1.79. The van der Waals surface area contributed by atoms with Gasteiger partial charge in [-0.05, 0) is 35.2 Å². The van der Waals surface area contributed by atoms with Crippen LogP contribution in [0.3, 0.4) is 0 Å². The third-order valence-corrected chi connectivity index (χ3v) is 2.72. The molecule has 0 bridgehead atoms. The van der Waals surface area contributed by atoms with E-state index in [-0.39, 0.29) is 0 Å². The fraction of sp³-hybridized carbons (Fsp3) is 0.333. The van der Waals surface area contributed by atoms with Crippen molar-refractivity contribution >= 4 is 0 Å². The van der Waals surface area contributed by atoms with Crippen LogP contribution in [0.5, 0.6) is 0 Å². The molecule has 0 spiro atoms. The molecule has 0 amide bonds. The molecule has 3 nitrogen and oxygen atoms in total. The molecule has 0 saturated carbocycles. The van der Waals surface area contributed by atoms with E-state index in [2.05, 4.69) is 35.2 Å². The highest BCUT2D eigenvalue weighted by molar-refractivity contribution is 5.25. The monoisotopic (exact) mass is 241 g/mol. The molecule has 1 N–H and O–H groups in total. The van der Waals surface area contributed by atoms with E-state index >= 15 is 0 Å². The Morgan fingerprint density at radius 2 is 1.72 bits per heavy atom. The summed E-state index contributed by atoms with van der Waals surface area (Å²) in [5.41, 5.74) is 3.74. The highest BCUT2D eigenvalue weighted by Crippen LogP contribution is 2.09. The zero-order chi connectivity index (χ0) is 12.8. The Hall–Kier alpha value is -1.74. The van der Waals surface area contributed by atoms with Gasteiger partial charge < -0.3 is 5.32 Å². The van der Waals surface area contributed by atoms with Crippen molar-refractivity contribution in [2.45, 2.75) is 32.9 Å². The van der Waals surface area contributed by atoms with Crippen LogP contribution < -0.4 is 5.32 Å². The number of nitrogens with one attached hydrogen (secondary N) is 1. The molecule has 0 unspecified atom stereocenters. The first-order valence-corrected chi connectivity index (χ1v) is 6.29. The third-order valence-electron chi connectivity index (χ3n) is 2.72. The summed E-state index contributed by atoms with van der Waals surface area (Å²) >= 11 is 0. The standard InChI is InChI=1S/C15H19N3/c1-12(2)18-11-15-8-14(9-17-10-15)7-13-3-5-16-6-4-13/h3-6,8-10,12,18H,7,11H2,1-2H3. The maximum Gasteiger partial charge on any atom is 0.0313 e. The summed E-state index contributed by atoms with van der Waals surface area (Å²) < 4.78 is 0. The Labute approximate surface area is 108 Å². The molecule has 18 heavy (non-hydrogen) atoms. The van der Waals surface area contributed by atoms with E-state index in [4.69, 9.17) is 0 Å². The summed E-state index contributed by atoms with van der Waals surface area (Å²) in [6.07, 6.45) is 8.41. The average molecular weight is 241 g/mol. The molecule has 2 rings (SSSR count). The van der Waals surface area contributed by atoms with Crippen molar-refractivity contribution in [3.63, 3.8) is 0 Å². The first kappa shape index (κ1) is 12.7. The van der Waals surface area contributed by atoms with Crippen molar-refractivity contribution in [3.05, 3.63) is 59.7 Å². The predicted octanol–water partition coefficient (Wildman–Crippen LogP) is 2.57. The Morgan fingerprint density at radius 3 is 2.44 bits per heavy atom. The van der Waals surface area contributed by atoms with Crippen molar-refractivity contribution in [1.82, 2.24) is 15.3 Å². The first-order valence-electron chi connectivity index (χ1n) is 6.29. The van der Waals surface area contributed by atoms with Crippen molar-refractivity contribution in [2.75, 3.05) is 0 Å². The van der Waals surface area contributed by atoms with Gasteiger partial charge in [0.2, 0.25) is 0 Å². The molecule has 2 heterocycles. The highest BCUT2D eigenvalue weighted by atomic mass is 14.9. The molecule has 0 radical (unpaired) electrons. The maximum atomic E-state index is 4.30. The van der Waals surface area contributed by atoms with Crippen molar-refractivity contribution < 1.29 is 0 Å². The number of pyridine rings is 2. The van der Waals surface area contributed by atoms with Gasteiger partial charge in [0, 0.05) is 37.4 Å². The minimum Gasteiger partial charge on any atom is -0.310 e. The number of aromatic nitrogens is 2. The van der Waals surface area contributed by atoms with Crippen LogP contribution in [0.2, 0.25) is 0 Å². The van der Waals surface area contributed by atoms with E-state index in [1.54, 1.807) is 0 Å². The lowest BCUT2D eigenvalue weighted by molar-refractivity contribution is 0.587. The van der Waals surface area contributed by atoms with Gasteiger partial charge in [-0.2, -0.15) is 0 Å². The van der Waals surface area contributed by atoms with E-state index in [0.717, 1.165) is 13.0 Å². The molecule has 0 aliphatic rings. The number of hydrogen-bond acceptors (Lipinski definition) is 3. The van der Waals surface area contributed by atoms with Crippen molar-refractivity contribution in [1.29, 1.82) is 0 Å². The van der Waals surface area contributed by atoms with Crippen molar-refractivity contribution in [2.24, 2.45) is 0 Å². The van der Waals surface area contributed by atoms with Crippen LogP contribution in [-0.4, -0.2) is 16.0 Å². The highest BCUT2D eigenvalue weighted by Gasteiger charge is 2.00. The summed E-state index contributed by atoms with van der Waals surface area (Å²) in [5, 5.41) is 3.40. The summed E-state index contributed by atoms with van der Waals surface area (Å²) in [6, 6.07) is 6.79. The van der Waals surface area contributed by atoms with Crippen molar-refractivity contribution in [3.8, 4) is 0 Å². The van der Waals surface area contributed by atoms with E-state index in [1.807, 2.05) is 36.9 Å². The van der Waals surface area contributed by atoms with Gasteiger partial charge in [0.15, 0.2) is 0 Å². The van der Waals surface area contributed by atoms with Gasteiger partial charge in [0.05, 0.1) is 0 Å². The zero-order valence-electron chi connectivity index (χ0n) is 10.9. The molecule has 0 aliphatic heterocycles. The van der Waals surface area contributed by atoms with Gasteiger partial charge in [-0.3, -0.25) is 9.97 Å². The zero-order valence-corrected chi connectivity index (χ0v) is 10.9. The largest absolute Gasteiger partial charge is 0.310 e. The lowest BCUT2D eigenvalue weighted by atomic mass is 10.1. The summed E-state index contributed by atoms with van der Waals surface area (Å²) in [4.78, 5) is 8.33. The second-order valence-corrected chi connectivity index (χ2v) is 4.77. The minimum absolute atomic E-state index is 0.494. The average Bonchev–Trinajstić information content (AvgIpc) is 2.38. The molecular formula is C15H19N3. The topological polar surface area (TPSA) is 37.8 Å². The second-order valence-electron chi connectivity index (χ2n) is 4.77.